The number of carbonyl (C=O) groups excluding carboxylic acids is 2. The standard InChI is InChI=1S/C18H22N4O2/c1-5-15(10-20-16-8-6-14(11-23)7-9-16)22-17(12(2)3)18(24)21-13(4)19/h5-9,11,20H,2,4,10,19H2,1,3H3,(H,21,24)/b15-5-,22-17+. The fourth-order valence-corrected chi connectivity index (χ4v) is 1.77. The van der Waals surface area contributed by atoms with E-state index in [4.69, 9.17) is 5.73 Å². The van der Waals surface area contributed by atoms with Crippen LogP contribution in [0.3, 0.4) is 0 Å². The van der Waals surface area contributed by atoms with Crippen LogP contribution in [0.25, 0.3) is 0 Å². The predicted octanol–water partition coefficient (Wildman–Crippen LogP) is 2.38. The Hall–Kier alpha value is -3.15. The van der Waals surface area contributed by atoms with Gasteiger partial charge in [-0.1, -0.05) is 19.2 Å². The summed E-state index contributed by atoms with van der Waals surface area (Å²) in [5.74, 6) is -0.408. The summed E-state index contributed by atoms with van der Waals surface area (Å²) in [5.41, 5.74) is 8.20. The summed E-state index contributed by atoms with van der Waals surface area (Å²) < 4.78 is 0. The first-order chi connectivity index (χ1) is 11.4. The first-order valence-corrected chi connectivity index (χ1v) is 7.32. The van der Waals surface area contributed by atoms with Crippen molar-refractivity contribution in [2.45, 2.75) is 13.8 Å². The van der Waals surface area contributed by atoms with Crippen LogP contribution in [0.1, 0.15) is 24.2 Å². The van der Waals surface area contributed by atoms with Gasteiger partial charge < -0.3 is 16.4 Å². The number of rotatable bonds is 8. The maximum Gasteiger partial charge on any atom is 0.275 e. The van der Waals surface area contributed by atoms with E-state index in [9.17, 15) is 9.59 Å². The highest BCUT2D eigenvalue weighted by atomic mass is 16.2. The number of nitrogens with zero attached hydrogens (tertiary/aromatic N) is 1. The summed E-state index contributed by atoms with van der Waals surface area (Å²) >= 11 is 0. The highest BCUT2D eigenvalue weighted by molar-refractivity contribution is 6.45. The minimum atomic E-state index is -0.454. The summed E-state index contributed by atoms with van der Waals surface area (Å²) in [5, 5.41) is 5.59. The summed E-state index contributed by atoms with van der Waals surface area (Å²) in [6.45, 7) is 11.1. The molecular formula is C18H22N4O2. The summed E-state index contributed by atoms with van der Waals surface area (Å²) in [6, 6.07) is 7.03. The third-order valence-corrected chi connectivity index (χ3v) is 3.00. The Labute approximate surface area is 141 Å². The molecule has 0 saturated carbocycles. The molecule has 0 heterocycles. The Morgan fingerprint density at radius 1 is 1.29 bits per heavy atom. The molecule has 1 rings (SSSR count). The molecule has 0 bridgehead atoms. The van der Waals surface area contributed by atoms with Gasteiger partial charge in [0.05, 0.1) is 18.1 Å². The molecule has 0 radical (unpaired) electrons. The van der Waals surface area contributed by atoms with Gasteiger partial charge in [-0.25, -0.2) is 4.99 Å². The molecule has 0 saturated heterocycles. The van der Waals surface area contributed by atoms with Crippen LogP contribution in [-0.2, 0) is 4.79 Å². The van der Waals surface area contributed by atoms with Crippen LogP contribution in [0.15, 0.2) is 65.6 Å². The molecule has 0 aliphatic rings. The Kier molecular flexibility index (Phi) is 7.16. The SMILES string of the molecule is C=C(N)NC(=O)/C(=N/C(=C\C)CNc1ccc(C=O)cc1)C(=C)C. The molecule has 126 valence electrons. The van der Waals surface area contributed by atoms with E-state index in [0.717, 1.165) is 12.0 Å². The largest absolute Gasteiger partial charge is 0.386 e. The number of carbonyl (C=O) groups is 2. The van der Waals surface area contributed by atoms with Crippen molar-refractivity contribution in [3.8, 4) is 0 Å². The molecule has 24 heavy (non-hydrogen) atoms. The number of hydrogen-bond donors (Lipinski definition) is 3. The first-order valence-electron chi connectivity index (χ1n) is 7.32. The zero-order chi connectivity index (χ0) is 18.1. The molecule has 0 unspecified atom stereocenters. The zero-order valence-corrected chi connectivity index (χ0v) is 13.9. The van der Waals surface area contributed by atoms with Crippen molar-refractivity contribution >= 4 is 23.6 Å². The number of benzene rings is 1. The van der Waals surface area contributed by atoms with E-state index in [-0.39, 0.29) is 11.5 Å². The second kappa shape index (κ2) is 9.09. The topological polar surface area (TPSA) is 96.6 Å². The van der Waals surface area contributed by atoms with Crippen LogP contribution in [-0.4, -0.2) is 24.4 Å². The van der Waals surface area contributed by atoms with Gasteiger partial charge in [-0.3, -0.25) is 9.59 Å². The van der Waals surface area contributed by atoms with E-state index < -0.39 is 5.91 Å². The Morgan fingerprint density at radius 3 is 2.38 bits per heavy atom. The molecule has 0 aromatic heterocycles. The average Bonchev–Trinajstić information content (AvgIpc) is 2.54. The second-order valence-electron chi connectivity index (χ2n) is 5.09. The average molecular weight is 326 g/mol. The number of amides is 1. The van der Waals surface area contributed by atoms with Crippen molar-refractivity contribution in [2.24, 2.45) is 10.7 Å². The lowest BCUT2D eigenvalue weighted by Crippen LogP contribution is -2.33. The van der Waals surface area contributed by atoms with Crippen LogP contribution < -0.4 is 16.4 Å². The molecule has 0 spiro atoms. The lowest BCUT2D eigenvalue weighted by molar-refractivity contribution is -0.114. The summed E-state index contributed by atoms with van der Waals surface area (Å²) in [6.07, 6.45) is 2.58. The molecule has 6 nitrogen and oxygen atoms in total. The molecule has 6 heteroatoms. The number of nitrogens with two attached hydrogens (primary N) is 1. The number of hydrogen-bond acceptors (Lipinski definition) is 5. The van der Waals surface area contributed by atoms with E-state index in [1.807, 2.05) is 6.92 Å². The number of anilines is 1. The number of allylic oxidation sites excluding steroid dienone is 1. The fourth-order valence-electron chi connectivity index (χ4n) is 1.77. The van der Waals surface area contributed by atoms with E-state index in [2.05, 4.69) is 28.8 Å². The van der Waals surface area contributed by atoms with Crippen molar-refractivity contribution in [2.75, 3.05) is 11.9 Å². The van der Waals surface area contributed by atoms with Crippen LogP contribution in [0.5, 0.6) is 0 Å². The minimum absolute atomic E-state index is 0.0457. The first kappa shape index (κ1) is 18.9. The fraction of sp³-hybridized carbons (Fsp3) is 0.167. The number of aldehydes is 1. The predicted molar refractivity (Wildman–Crippen MR) is 97.8 cm³/mol. The Bertz CT molecular complexity index is 700. The van der Waals surface area contributed by atoms with Gasteiger partial charge in [0.15, 0.2) is 0 Å². The van der Waals surface area contributed by atoms with E-state index >= 15 is 0 Å². The van der Waals surface area contributed by atoms with Crippen molar-refractivity contribution in [1.29, 1.82) is 0 Å². The lowest BCUT2D eigenvalue weighted by atomic mass is 10.2. The van der Waals surface area contributed by atoms with Crippen molar-refractivity contribution in [3.05, 3.63) is 66.2 Å². The van der Waals surface area contributed by atoms with E-state index in [0.29, 0.717) is 23.4 Å². The van der Waals surface area contributed by atoms with Gasteiger partial charge in [-0.05, 0) is 43.7 Å². The quantitative estimate of drug-likeness (QED) is 0.505. The van der Waals surface area contributed by atoms with Gasteiger partial charge in [0.2, 0.25) is 0 Å². The summed E-state index contributed by atoms with van der Waals surface area (Å²) in [7, 11) is 0. The summed E-state index contributed by atoms with van der Waals surface area (Å²) in [4.78, 5) is 27.1. The third-order valence-electron chi connectivity index (χ3n) is 3.00. The van der Waals surface area contributed by atoms with E-state index in [1.54, 1.807) is 37.3 Å². The Balaban J connectivity index is 2.85. The van der Waals surface area contributed by atoms with Gasteiger partial charge in [0.1, 0.15) is 12.0 Å². The molecule has 0 atom stereocenters. The molecule has 1 amide bonds. The number of aliphatic imine (C=N–C) groups is 1. The van der Waals surface area contributed by atoms with Crippen molar-refractivity contribution in [1.82, 2.24) is 5.32 Å². The van der Waals surface area contributed by atoms with Gasteiger partial charge in [-0.2, -0.15) is 0 Å². The molecule has 0 fully saturated rings. The molecule has 0 aliphatic heterocycles. The number of nitrogens with one attached hydrogen (secondary N) is 2. The van der Waals surface area contributed by atoms with Crippen molar-refractivity contribution < 1.29 is 9.59 Å². The molecule has 1 aromatic carbocycles. The molecule has 4 N–H and O–H groups in total. The van der Waals surface area contributed by atoms with E-state index in [1.165, 1.54) is 0 Å². The molecule has 1 aromatic rings. The van der Waals surface area contributed by atoms with Gasteiger partial charge in [0.25, 0.3) is 5.91 Å². The normalized spacial score (nSPS) is 11.6. The third kappa shape index (κ3) is 5.92. The van der Waals surface area contributed by atoms with Crippen LogP contribution in [0.2, 0.25) is 0 Å². The zero-order valence-electron chi connectivity index (χ0n) is 13.9. The maximum absolute atomic E-state index is 12.1. The minimum Gasteiger partial charge on any atom is -0.386 e. The smallest absolute Gasteiger partial charge is 0.275 e. The van der Waals surface area contributed by atoms with Crippen LogP contribution >= 0.6 is 0 Å². The van der Waals surface area contributed by atoms with Crippen LogP contribution in [0, 0.1) is 0 Å². The van der Waals surface area contributed by atoms with Gasteiger partial charge in [0, 0.05) is 11.3 Å². The second-order valence-corrected chi connectivity index (χ2v) is 5.09. The Morgan fingerprint density at radius 2 is 1.92 bits per heavy atom. The van der Waals surface area contributed by atoms with Crippen molar-refractivity contribution in [3.63, 3.8) is 0 Å². The highest BCUT2D eigenvalue weighted by Gasteiger charge is 2.13. The molecule has 0 aliphatic carbocycles. The maximum atomic E-state index is 12.1. The highest BCUT2D eigenvalue weighted by Crippen LogP contribution is 2.10. The van der Waals surface area contributed by atoms with Gasteiger partial charge in [-0.15, -0.1) is 0 Å². The van der Waals surface area contributed by atoms with Crippen LogP contribution in [0.4, 0.5) is 5.69 Å². The molecular weight excluding hydrogens is 304 g/mol. The monoisotopic (exact) mass is 326 g/mol. The van der Waals surface area contributed by atoms with Gasteiger partial charge >= 0.3 is 0 Å². The lowest BCUT2D eigenvalue weighted by Gasteiger charge is -2.10.